The standard InChI is InChI=1S/C16H15BrN2O2/c17-14-8-13(9-18-10-14)16(20)19-6-7-21-15(11-19)12-4-2-1-3-5-12/h1-5,8-10,15H,6-7,11H2/t15-/m0/s1. The number of morpholine rings is 1. The summed E-state index contributed by atoms with van der Waals surface area (Å²) >= 11 is 3.35. The molecule has 0 saturated carbocycles. The summed E-state index contributed by atoms with van der Waals surface area (Å²) in [5.41, 5.74) is 1.69. The van der Waals surface area contributed by atoms with Gasteiger partial charge in [0.15, 0.2) is 0 Å². The topological polar surface area (TPSA) is 42.4 Å². The first kappa shape index (κ1) is 14.2. The van der Waals surface area contributed by atoms with E-state index in [4.69, 9.17) is 4.74 Å². The largest absolute Gasteiger partial charge is 0.370 e. The molecule has 1 atom stereocenters. The second-order valence-corrected chi connectivity index (χ2v) is 5.83. The molecule has 0 unspecified atom stereocenters. The van der Waals surface area contributed by atoms with Gasteiger partial charge in [-0.25, -0.2) is 0 Å². The Labute approximate surface area is 131 Å². The molecule has 0 radical (unpaired) electrons. The average Bonchev–Trinajstić information content (AvgIpc) is 2.55. The minimum atomic E-state index is -0.0657. The summed E-state index contributed by atoms with van der Waals surface area (Å²) in [5.74, 6) is -0.00645. The first-order chi connectivity index (χ1) is 10.2. The summed E-state index contributed by atoms with van der Waals surface area (Å²) in [4.78, 5) is 18.4. The lowest BCUT2D eigenvalue weighted by molar-refractivity contribution is -0.0228. The van der Waals surface area contributed by atoms with E-state index in [2.05, 4.69) is 20.9 Å². The van der Waals surface area contributed by atoms with E-state index in [9.17, 15) is 4.79 Å². The van der Waals surface area contributed by atoms with Gasteiger partial charge in [0.25, 0.3) is 5.91 Å². The summed E-state index contributed by atoms with van der Waals surface area (Å²) in [6, 6.07) is 11.8. The molecule has 0 aliphatic carbocycles. The summed E-state index contributed by atoms with van der Waals surface area (Å²) in [6.45, 7) is 1.72. The molecule has 108 valence electrons. The van der Waals surface area contributed by atoms with Crippen molar-refractivity contribution in [2.24, 2.45) is 0 Å². The first-order valence-electron chi connectivity index (χ1n) is 6.80. The smallest absolute Gasteiger partial charge is 0.255 e. The molecule has 1 fully saturated rings. The zero-order chi connectivity index (χ0) is 14.7. The van der Waals surface area contributed by atoms with Crippen molar-refractivity contribution in [2.45, 2.75) is 6.10 Å². The highest BCUT2D eigenvalue weighted by atomic mass is 79.9. The molecule has 1 aromatic heterocycles. The number of benzene rings is 1. The monoisotopic (exact) mass is 346 g/mol. The van der Waals surface area contributed by atoms with E-state index >= 15 is 0 Å². The third kappa shape index (κ3) is 3.31. The molecule has 0 spiro atoms. The van der Waals surface area contributed by atoms with Gasteiger partial charge in [-0.3, -0.25) is 9.78 Å². The number of pyridine rings is 1. The number of amides is 1. The molecule has 3 rings (SSSR count). The molecule has 21 heavy (non-hydrogen) atoms. The summed E-state index contributed by atoms with van der Waals surface area (Å²) in [7, 11) is 0. The van der Waals surface area contributed by atoms with Gasteiger partial charge in [-0.15, -0.1) is 0 Å². The van der Waals surface area contributed by atoms with Crippen LogP contribution in [-0.4, -0.2) is 35.5 Å². The van der Waals surface area contributed by atoms with E-state index in [0.29, 0.717) is 25.3 Å². The van der Waals surface area contributed by atoms with E-state index in [-0.39, 0.29) is 12.0 Å². The average molecular weight is 347 g/mol. The van der Waals surface area contributed by atoms with Gasteiger partial charge in [0.05, 0.1) is 18.7 Å². The summed E-state index contributed by atoms with van der Waals surface area (Å²) in [6.07, 6.45) is 3.20. The van der Waals surface area contributed by atoms with E-state index in [0.717, 1.165) is 10.0 Å². The minimum Gasteiger partial charge on any atom is -0.370 e. The van der Waals surface area contributed by atoms with Crippen LogP contribution in [0.25, 0.3) is 0 Å². The van der Waals surface area contributed by atoms with Crippen molar-refractivity contribution < 1.29 is 9.53 Å². The van der Waals surface area contributed by atoms with E-state index in [1.807, 2.05) is 35.2 Å². The molecule has 0 N–H and O–H groups in total. The molecule has 1 amide bonds. The molecule has 2 aromatic rings. The molecule has 0 bridgehead atoms. The SMILES string of the molecule is O=C(c1cncc(Br)c1)N1CCO[C@H](c2ccccc2)C1. The normalized spacial score (nSPS) is 18.5. The van der Waals surface area contributed by atoms with Gasteiger partial charge in [-0.2, -0.15) is 0 Å². The fourth-order valence-corrected chi connectivity index (χ4v) is 2.78. The van der Waals surface area contributed by atoms with Gasteiger partial charge in [0.1, 0.15) is 6.10 Å². The Kier molecular flexibility index (Phi) is 4.31. The van der Waals surface area contributed by atoms with E-state index < -0.39 is 0 Å². The quantitative estimate of drug-likeness (QED) is 0.839. The van der Waals surface area contributed by atoms with Crippen LogP contribution in [0.3, 0.4) is 0 Å². The number of ether oxygens (including phenoxy) is 1. The van der Waals surface area contributed by atoms with Crippen LogP contribution in [0.5, 0.6) is 0 Å². The van der Waals surface area contributed by atoms with Crippen LogP contribution in [0, 0.1) is 0 Å². The lowest BCUT2D eigenvalue weighted by Gasteiger charge is -2.33. The highest BCUT2D eigenvalue weighted by Gasteiger charge is 2.26. The van der Waals surface area contributed by atoms with Gasteiger partial charge < -0.3 is 9.64 Å². The molecule has 4 nitrogen and oxygen atoms in total. The number of carbonyl (C=O) groups excluding carboxylic acids is 1. The predicted molar refractivity (Wildman–Crippen MR) is 83.0 cm³/mol. The van der Waals surface area contributed by atoms with Crippen molar-refractivity contribution >= 4 is 21.8 Å². The van der Waals surface area contributed by atoms with E-state index in [1.165, 1.54) is 0 Å². The Morgan fingerprint density at radius 3 is 2.86 bits per heavy atom. The van der Waals surface area contributed by atoms with Crippen LogP contribution in [0.2, 0.25) is 0 Å². The minimum absolute atomic E-state index is 0.00645. The molecular formula is C16H15BrN2O2. The summed E-state index contributed by atoms with van der Waals surface area (Å²) < 4.78 is 6.59. The highest BCUT2D eigenvalue weighted by Crippen LogP contribution is 2.23. The molecule has 1 aliphatic rings. The molecule has 5 heteroatoms. The van der Waals surface area contributed by atoms with Crippen molar-refractivity contribution in [3.05, 3.63) is 64.4 Å². The zero-order valence-electron chi connectivity index (χ0n) is 11.4. The molecule has 1 aliphatic heterocycles. The van der Waals surface area contributed by atoms with Crippen LogP contribution in [0.15, 0.2) is 53.3 Å². The maximum absolute atomic E-state index is 12.5. The number of halogens is 1. The van der Waals surface area contributed by atoms with E-state index in [1.54, 1.807) is 18.5 Å². The Balaban J connectivity index is 1.75. The van der Waals surface area contributed by atoms with Crippen molar-refractivity contribution in [1.29, 1.82) is 0 Å². The fraction of sp³-hybridized carbons (Fsp3) is 0.250. The lowest BCUT2D eigenvalue weighted by atomic mass is 10.1. The van der Waals surface area contributed by atoms with Gasteiger partial charge in [-0.1, -0.05) is 30.3 Å². The van der Waals surface area contributed by atoms with Gasteiger partial charge in [0, 0.05) is 23.4 Å². The van der Waals surface area contributed by atoms with Crippen molar-refractivity contribution in [2.75, 3.05) is 19.7 Å². The van der Waals surface area contributed by atoms with Crippen molar-refractivity contribution in [3.63, 3.8) is 0 Å². The number of hydrogen-bond donors (Lipinski definition) is 0. The Bertz CT molecular complexity index is 633. The van der Waals surface area contributed by atoms with Crippen LogP contribution in [0.4, 0.5) is 0 Å². The van der Waals surface area contributed by atoms with Gasteiger partial charge in [-0.05, 0) is 27.6 Å². The van der Waals surface area contributed by atoms with Crippen LogP contribution < -0.4 is 0 Å². The fourth-order valence-electron chi connectivity index (χ4n) is 2.41. The second-order valence-electron chi connectivity index (χ2n) is 4.91. The maximum atomic E-state index is 12.5. The molecule has 1 saturated heterocycles. The number of hydrogen-bond acceptors (Lipinski definition) is 3. The zero-order valence-corrected chi connectivity index (χ0v) is 13.0. The Hall–Kier alpha value is -1.72. The Morgan fingerprint density at radius 1 is 1.29 bits per heavy atom. The second kappa shape index (κ2) is 6.37. The predicted octanol–water partition coefficient (Wildman–Crippen LogP) is 3.06. The van der Waals surface area contributed by atoms with Crippen LogP contribution >= 0.6 is 15.9 Å². The first-order valence-corrected chi connectivity index (χ1v) is 7.60. The van der Waals surface area contributed by atoms with Gasteiger partial charge in [0.2, 0.25) is 0 Å². The molecule has 2 heterocycles. The third-order valence-corrected chi connectivity index (χ3v) is 3.91. The highest BCUT2D eigenvalue weighted by molar-refractivity contribution is 9.10. The van der Waals surface area contributed by atoms with Crippen molar-refractivity contribution in [1.82, 2.24) is 9.88 Å². The Morgan fingerprint density at radius 2 is 2.10 bits per heavy atom. The maximum Gasteiger partial charge on any atom is 0.255 e. The van der Waals surface area contributed by atoms with Crippen LogP contribution in [-0.2, 0) is 4.74 Å². The van der Waals surface area contributed by atoms with Gasteiger partial charge >= 0.3 is 0 Å². The lowest BCUT2D eigenvalue weighted by Crippen LogP contribution is -2.42. The molecular weight excluding hydrogens is 332 g/mol. The van der Waals surface area contributed by atoms with Crippen LogP contribution in [0.1, 0.15) is 22.0 Å². The number of carbonyl (C=O) groups is 1. The molecule has 1 aromatic carbocycles. The summed E-state index contributed by atoms with van der Waals surface area (Å²) in [5, 5.41) is 0. The van der Waals surface area contributed by atoms with Crippen molar-refractivity contribution in [3.8, 4) is 0 Å². The third-order valence-electron chi connectivity index (χ3n) is 3.48. The number of aromatic nitrogens is 1. The number of rotatable bonds is 2. The number of nitrogens with zero attached hydrogens (tertiary/aromatic N) is 2.